The molecule has 2 aliphatic rings. The largest absolute Gasteiger partial charge is 0.353 e. The lowest BCUT2D eigenvalue weighted by atomic mass is 9.97. The van der Waals surface area contributed by atoms with E-state index in [1.54, 1.807) is 0 Å². The number of hydrogen-bond donors (Lipinski definition) is 1. The van der Waals surface area contributed by atoms with E-state index in [0.29, 0.717) is 13.1 Å². The van der Waals surface area contributed by atoms with Gasteiger partial charge < -0.3 is 10.2 Å². The molecule has 0 radical (unpaired) electrons. The fourth-order valence-electron chi connectivity index (χ4n) is 3.39. The molecule has 0 saturated carbocycles. The molecule has 0 bridgehead atoms. The topological polar surface area (TPSA) is 69.7 Å². The Balaban J connectivity index is 1.80. The molecule has 2 rings (SSSR count). The molecular weight excluding hydrogens is 302 g/mol. The summed E-state index contributed by atoms with van der Waals surface area (Å²) < 4.78 is 24.7. The molecule has 22 heavy (non-hydrogen) atoms. The fourth-order valence-corrected chi connectivity index (χ4v) is 4.31. The average Bonchev–Trinajstić information content (AvgIpc) is 2.49. The van der Waals surface area contributed by atoms with E-state index in [1.807, 2.05) is 0 Å². The highest BCUT2D eigenvalue weighted by atomic mass is 32.2. The molecule has 1 atom stereocenters. The minimum absolute atomic E-state index is 0.0299. The van der Waals surface area contributed by atoms with Gasteiger partial charge in [0.05, 0.1) is 12.2 Å². The maximum Gasteiger partial charge on any atom is 0.224 e. The normalized spacial score (nSPS) is 26.0. The number of likely N-dealkylation sites (tertiary alicyclic amines) is 1. The zero-order valence-corrected chi connectivity index (χ0v) is 14.6. The van der Waals surface area contributed by atoms with Crippen molar-refractivity contribution in [1.82, 2.24) is 14.5 Å². The van der Waals surface area contributed by atoms with Crippen molar-refractivity contribution in [2.24, 2.45) is 5.92 Å². The number of carbonyl (C=O) groups excluding carboxylic acids is 1. The van der Waals surface area contributed by atoms with Crippen LogP contribution < -0.4 is 5.32 Å². The van der Waals surface area contributed by atoms with Crippen LogP contribution >= 0.6 is 0 Å². The summed E-state index contributed by atoms with van der Waals surface area (Å²) in [5.41, 5.74) is 0. The summed E-state index contributed by atoms with van der Waals surface area (Å²) in [6, 6.07) is 0.245. The minimum atomic E-state index is -3.19. The van der Waals surface area contributed by atoms with Gasteiger partial charge in [-0.05, 0) is 38.6 Å². The summed E-state index contributed by atoms with van der Waals surface area (Å²) in [4.78, 5) is 14.8. The Morgan fingerprint density at radius 1 is 1.18 bits per heavy atom. The summed E-state index contributed by atoms with van der Waals surface area (Å²) in [5.74, 6) is -0.167. The number of carbonyl (C=O) groups is 1. The van der Waals surface area contributed by atoms with Crippen LogP contribution in [-0.2, 0) is 14.8 Å². The highest BCUT2D eigenvalue weighted by Crippen LogP contribution is 2.20. The van der Waals surface area contributed by atoms with Gasteiger partial charge in [-0.25, -0.2) is 12.7 Å². The Bertz CT molecular complexity index is 472. The van der Waals surface area contributed by atoms with Gasteiger partial charge in [-0.2, -0.15) is 0 Å². The predicted molar refractivity (Wildman–Crippen MR) is 87.0 cm³/mol. The summed E-state index contributed by atoms with van der Waals surface area (Å²) in [6.45, 7) is 6.27. The molecule has 0 aromatic rings. The van der Waals surface area contributed by atoms with Crippen molar-refractivity contribution in [3.63, 3.8) is 0 Å². The van der Waals surface area contributed by atoms with Gasteiger partial charge in [0.15, 0.2) is 0 Å². The van der Waals surface area contributed by atoms with Crippen LogP contribution in [0.25, 0.3) is 0 Å². The summed E-state index contributed by atoms with van der Waals surface area (Å²) in [6.07, 6.45) is 5.92. The lowest BCUT2D eigenvalue weighted by molar-refractivity contribution is -0.127. The fraction of sp³-hybridized carbons (Fsp3) is 0.933. The molecule has 1 amide bonds. The number of hydrogen-bond acceptors (Lipinski definition) is 4. The van der Waals surface area contributed by atoms with E-state index in [4.69, 9.17) is 0 Å². The molecule has 0 spiro atoms. The smallest absolute Gasteiger partial charge is 0.224 e. The Hall–Kier alpha value is -0.660. The highest BCUT2D eigenvalue weighted by Gasteiger charge is 2.31. The Kier molecular flexibility index (Phi) is 6.23. The molecule has 0 aromatic heterocycles. The molecule has 1 N–H and O–H groups in total. The van der Waals surface area contributed by atoms with Gasteiger partial charge in [0.1, 0.15) is 0 Å². The molecule has 7 heteroatoms. The molecule has 2 fully saturated rings. The summed E-state index contributed by atoms with van der Waals surface area (Å²) >= 11 is 0. The SMILES string of the molecule is CCCN1CCC(NC(=O)[C@H]2CCCN(S(C)(=O)=O)C2)CC1. The van der Waals surface area contributed by atoms with Crippen LogP contribution in [0.4, 0.5) is 0 Å². The maximum absolute atomic E-state index is 12.4. The quantitative estimate of drug-likeness (QED) is 0.803. The number of nitrogens with one attached hydrogen (secondary N) is 1. The van der Waals surface area contributed by atoms with Gasteiger partial charge in [-0.1, -0.05) is 6.92 Å². The standard InChI is InChI=1S/C15H29N3O3S/c1-3-8-17-10-6-14(7-11-17)16-15(19)13-5-4-9-18(12-13)22(2,20)21/h13-14H,3-12H2,1-2H3,(H,16,19)/t13-/m0/s1. The molecular formula is C15H29N3O3S. The lowest BCUT2D eigenvalue weighted by Crippen LogP contribution is -2.50. The maximum atomic E-state index is 12.4. The molecule has 0 aromatic carbocycles. The molecule has 6 nitrogen and oxygen atoms in total. The van der Waals surface area contributed by atoms with Crippen molar-refractivity contribution in [3.8, 4) is 0 Å². The summed E-state index contributed by atoms with van der Waals surface area (Å²) in [5, 5.41) is 3.14. The van der Waals surface area contributed by atoms with E-state index in [1.165, 1.54) is 17.0 Å². The third kappa shape index (κ3) is 4.93. The van der Waals surface area contributed by atoms with Crippen LogP contribution in [0, 0.1) is 5.92 Å². The van der Waals surface area contributed by atoms with Crippen LogP contribution in [0.1, 0.15) is 39.0 Å². The van der Waals surface area contributed by atoms with Crippen molar-refractivity contribution >= 4 is 15.9 Å². The molecule has 0 unspecified atom stereocenters. The van der Waals surface area contributed by atoms with Crippen molar-refractivity contribution in [1.29, 1.82) is 0 Å². The summed E-state index contributed by atoms with van der Waals surface area (Å²) in [7, 11) is -3.19. The van der Waals surface area contributed by atoms with Crippen molar-refractivity contribution < 1.29 is 13.2 Å². The van der Waals surface area contributed by atoms with E-state index in [2.05, 4.69) is 17.1 Å². The molecule has 2 saturated heterocycles. The van der Waals surface area contributed by atoms with E-state index in [-0.39, 0.29) is 17.9 Å². The van der Waals surface area contributed by atoms with E-state index < -0.39 is 10.0 Å². The third-order valence-corrected chi connectivity index (χ3v) is 5.97. The molecule has 128 valence electrons. The van der Waals surface area contributed by atoms with Crippen LogP contribution in [0.5, 0.6) is 0 Å². The second-order valence-electron chi connectivity index (χ2n) is 6.58. The van der Waals surface area contributed by atoms with Crippen LogP contribution in [0.15, 0.2) is 0 Å². The number of sulfonamides is 1. The van der Waals surface area contributed by atoms with Crippen LogP contribution in [0.2, 0.25) is 0 Å². The molecule has 2 aliphatic heterocycles. The van der Waals surface area contributed by atoms with Gasteiger partial charge in [0.25, 0.3) is 0 Å². The highest BCUT2D eigenvalue weighted by molar-refractivity contribution is 7.88. The first kappa shape index (κ1) is 17.7. The molecule has 2 heterocycles. The lowest BCUT2D eigenvalue weighted by Gasteiger charge is -2.34. The first-order chi connectivity index (χ1) is 10.4. The zero-order valence-electron chi connectivity index (χ0n) is 13.8. The van der Waals surface area contributed by atoms with Gasteiger partial charge in [-0.3, -0.25) is 4.79 Å². The third-order valence-electron chi connectivity index (χ3n) is 4.70. The van der Waals surface area contributed by atoms with E-state index in [9.17, 15) is 13.2 Å². The minimum Gasteiger partial charge on any atom is -0.353 e. The number of piperidine rings is 2. The van der Waals surface area contributed by atoms with Gasteiger partial charge in [0, 0.05) is 32.2 Å². The van der Waals surface area contributed by atoms with Crippen molar-refractivity contribution in [2.75, 3.05) is 39.0 Å². The Morgan fingerprint density at radius 3 is 2.45 bits per heavy atom. The Morgan fingerprint density at radius 2 is 1.86 bits per heavy atom. The van der Waals surface area contributed by atoms with Crippen molar-refractivity contribution in [2.45, 2.75) is 45.1 Å². The monoisotopic (exact) mass is 331 g/mol. The van der Waals surface area contributed by atoms with Gasteiger partial charge >= 0.3 is 0 Å². The van der Waals surface area contributed by atoms with E-state index >= 15 is 0 Å². The second-order valence-corrected chi connectivity index (χ2v) is 8.57. The van der Waals surface area contributed by atoms with E-state index in [0.717, 1.165) is 45.3 Å². The van der Waals surface area contributed by atoms with Crippen LogP contribution in [-0.4, -0.2) is 68.6 Å². The second kappa shape index (κ2) is 7.75. The number of amides is 1. The van der Waals surface area contributed by atoms with Gasteiger partial charge in [0.2, 0.25) is 15.9 Å². The predicted octanol–water partition coefficient (Wildman–Crippen LogP) is 0.649. The first-order valence-corrected chi connectivity index (χ1v) is 10.2. The Labute approximate surface area is 134 Å². The first-order valence-electron chi connectivity index (χ1n) is 8.38. The zero-order chi connectivity index (χ0) is 16.2. The van der Waals surface area contributed by atoms with Crippen LogP contribution in [0.3, 0.4) is 0 Å². The average molecular weight is 331 g/mol. The number of rotatable bonds is 5. The van der Waals surface area contributed by atoms with Crippen molar-refractivity contribution in [3.05, 3.63) is 0 Å². The molecule has 0 aliphatic carbocycles. The number of nitrogens with zero attached hydrogens (tertiary/aromatic N) is 2. The van der Waals surface area contributed by atoms with Gasteiger partial charge in [-0.15, -0.1) is 0 Å².